The van der Waals surface area contributed by atoms with E-state index < -0.39 is 6.16 Å². The summed E-state index contributed by atoms with van der Waals surface area (Å²) in [4.78, 5) is 8.33. The van der Waals surface area contributed by atoms with Gasteiger partial charge in [-0.05, 0) is 30.5 Å². The fraction of sp³-hybridized carbons (Fsp3) is 0.960. The van der Waals surface area contributed by atoms with E-state index in [2.05, 4.69) is 25.6 Å². The Kier molecular flexibility index (Phi) is 40.8. The maximum absolute atomic E-state index is 8.33. The molecule has 0 rings (SSSR count). The van der Waals surface area contributed by atoms with Crippen LogP contribution in [0.1, 0.15) is 142 Å². The Morgan fingerprint density at radius 3 is 0.933 bits per heavy atom. The first-order valence-corrected chi connectivity index (χ1v) is 13.8. The summed E-state index contributed by atoms with van der Waals surface area (Å²) in [6, 6.07) is 0. The normalized spacial score (nSPS) is 10.2. The Labute approximate surface area is 222 Å². The Bertz CT molecular complexity index is 278. The quantitative estimate of drug-likeness (QED) is 0.130. The minimum Gasteiger partial charge on any atom is -0.652 e. The Balaban J connectivity index is -0.00000133. The first-order chi connectivity index (χ1) is 14.1. The number of unbranched alkanes of at least 4 members (excludes halogenated alkanes) is 18. The van der Waals surface area contributed by atoms with Crippen LogP contribution in [-0.4, -0.2) is 55.4 Å². The molecule has 0 fully saturated rings. The van der Waals surface area contributed by atoms with Gasteiger partial charge in [-0.1, -0.05) is 129 Å². The van der Waals surface area contributed by atoms with Crippen molar-refractivity contribution in [3.63, 3.8) is 0 Å². The molecule has 0 saturated carbocycles. The van der Waals surface area contributed by atoms with Crippen LogP contribution in [0, 0.1) is 0 Å². The summed E-state index contributed by atoms with van der Waals surface area (Å²) in [6.45, 7) is 4.60. The zero-order valence-corrected chi connectivity index (χ0v) is 23.4. The van der Waals surface area contributed by atoms with Gasteiger partial charge in [0.2, 0.25) is 0 Å². The van der Waals surface area contributed by atoms with Crippen molar-refractivity contribution in [3.05, 3.63) is 0 Å². The molecule has 0 aromatic heterocycles. The van der Waals surface area contributed by atoms with E-state index in [1.807, 2.05) is 0 Å². The van der Waals surface area contributed by atoms with E-state index in [1.54, 1.807) is 0 Å². The van der Waals surface area contributed by atoms with Gasteiger partial charge in [0.25, 0.3) is 0 Å². The average Bonchev–Trinajstić information content (AvgIpc) is 2.69. The van der Waals surface area contributed by atoms with Crippen molar-refractivity contribution in [3.8, 4) is 0 Å². The minimum absolute atomic E-state index is 0. The van der Waals surface area contributed by atoms with Crippen LogP contribution in [0.25, 0.3) is 0 Å². The molecule has 0 spiro atoms. The summed E-state index contributed by atoms with van der Waals surface area (Å²) in [5, 5.41) is 16.7. The molecule has 0 aliphatic carbocycles. The van der Waals surface area contributed by atoms with Gasteiger partial charge in [0, 0.05) is 0 Å². The molecule has 0 atom stereocenters. The summed E-state index contributed by atoms with van der Waals surface area (Å²) < 4.78 is 0. The van der Waals surface area contributed by atoms with Gasteiger partial charge in [0.05, 0.1) is 0 Å². The van der Waals surface area contributed by atoms with E-state index in [-0.39, 0.29) is 37.7 Å². The van der Waals surface area contributed by atoms with Gasteiger partial charge >= 0.3 is 37.7 Å². The zero-order chi connectivity index (χ0) is 21.8. The fourth-order valence-corrected chi connectivity index (χ4v) is 4.51. The van der Waals surface area contributed by atoms with Crippen LogP contribution < -0.4 is 10.2 Å². The van der Waals surface area contributed by atoms with E-state index >= 15 is 0 Å². The van der Waals surface area contributed by atoms with E-state index in [9.17, 15) is 0 Å². The van der Waals surface area contributed by atoms with Crippen LogP contribution >= 0.6 is 11.8 Å². The summed E-state index contributed by atoms with van der Waals surface area (Å²) >= 11 is 2.21. The Morgan fingerprint density at radius 2 is 0.700 bits per heavy atom. The smallest absolute Gasteiger partial charge is 0.652 e. The number of carbonyl (C=O) groups is 1. The summed E-state index contributed by atoms with van der Waals surface area (Å²) in [5.74, 6) is 2.82. The average molecular weight is 471 g/mol. The molecule has 0 aromatic carbocycles. The molecule has 0 aromatic rings. The van der Waals surface area contributed by atoms with Crippen LogP contribution in [-0.2, 0) is 0 Å². The molecule has 0 heterocycles. The number of rotatable bonds is 22. The second-order valence-corrected chi connectivity index (χ2v) is 9.45. The van der Waals surface area contributed by atoms with E-state index in [0.29, 0.717) is 0 Å². The molecule has 3 nitrogen and oxygen atoms in total. The van der Waals surface area contributed by atoms with Crippen molar-refractivity contribution < 1.29 is 15.0 Å². The molecule has 0 radical (unpaired) electrons. The van der Waals surface area contributed by atoms with Crippen molar-refractivity contribution in [1.82, 2.24) is 0 Å². The van der Waals surface area contributed by atoms with E-state index in [4.69, 9.17) is 15.0 Å². The summed E-state index contributed by atoms with van der Waals surface area (Å²) in [6.07, 6.45) is 26.9. The molecule has 30 heavy (non-hydrogen) atoms. The maximum atomic E-state index is 8.33. The largest absolute Gasteiger partial charge is 2.00 e. The van der Waals surface area contributed by atoms with Crippen molar-refractivity contribution in [1.29, 1.82) is 0 Å². The first kappa shape index (κ1) is 35.5. The van der Waals surface area contributed by atoms with Gasteiger partial charge in [-0.25, -0.2) is 0 Å². The number of carboxylic acid groups (broad SMARTS) is 2. The van der Waals surface area contributed by atoms with Crippen LogP contribution in [0.5, 0.6) is 0 Å². The van der Waals surface area contributed by atoms with Gasteiger partial charge in [-0.15, -0.1) is 0 Å². The summed E-state index contributed by atoms with van der Waals surface area (Å²) in [5.41, 5.74) is 0. The SMILES string of the molecule is CCCCCCCCCCCCSCCCCCCCCCCCC.O=C([O-])[O-].[Ca+2]. The van der Waals surface area contributed by atoms with Gasteiger partial charge in [0.1, 0.15) is 0 Å². The van der Waals surface area contributed by atoms with Crippen molar-refractivity contribution in [2.24, 2.45) is 0 Å². The van der Waals surface area contributed by atoms with Crippen LogP contribution in [0.4, 0.5) is 4.79 Å². The molecular formula is C25H50CaO3S. The molecule has 0 saturated heterocycles. The number of hydrogen-bond donors (Lipinski definition) is 0. The second kappa shape index (κ2) is 34.5. The molecule has 0 aliphatic rings. The third-order valence-electron chi connectivity index (χ3n) is 5.28. The van der Waals surface area contributed by atoms with Crippen molar-refractivity contribution in [2.45, 2.75) is 142 Å². The second-order valence-electron chi connectivity index (χ2n) is 8.23. The van der Waals surface area contributed by atoms with E-state index in [0.717, 1.165) is 0 Å². The molecule has 0 bridgehead atoms. The molecule has 0 aliphatic heterocycles. The molecule has 5 heteroatoms. The van der Waals surface area contributed by atoms with Crippen LogP contribution in [0.3, 0.4) is 0 Å². The minimum atomic E-state index is -2.33. The zero-order valence-electron chi connectivity index (χ0n) is 20.4. The standard InChI is InChI=1S/C24H50S.CH2O3.Ca/c1-3-5-7-9-11-13-15-17-19-21-23-25-24-22-20-18-16-14-12-10-8-6-4-2;2-1(3)4;/h3-24H2,1-2H3;(H2,2,3,4);/q;;+2/p-2. The Hall–Kier alpha value is 0.880. The summed E-state index contributed by atoms with van der Waals surface area (Å²) in [7, 11) is 0. The number of hydrogen-bond acceptors (Lipinski definition) is 4. The monoisotopic (exact) mass is 470 g/mol. The maximum Gasteiger partial charge on any atom is 2.00 e. The number of carbonyl (C=O) groups excluding carboxylic acids is 1. The van der Waals surface area contributed by atoms with Gasteiger partial charge < -0.3 is 15.0 Å². The van der Waals surface area contributed by atoms with E-state index in [1.165, 1.54) is 140 Å². The third kappa shape index (κ3) is 42.9. The molecule has 176 valence electrons. The van der Waals surface area contributed by atoms with Crippen molar-refractivity contribution >= 4 is 55.7 Å². The fourth-order valence-electron chi connectivity index (χ4n) is 3.49. The van der Waals surface area contributed by atoms with Crippen LogP contribution in [0.2, 0.25) is 0 Å². The van der Waals surface area contributed by atoms with Crippen LogP contribution in [0.15, 0.2) is 0 Å². The topological polar surface area (TPSA) is 63.2 Å². The Morgan fingerprint density at radius 1 is 0.500 bits per heavy atom. The third-order valence-corrected chi connectivity index (χ3v) is 6.44. The van der Waals surface area contributed by atoms with Crippen molar-refractivity contribution in [2.75, 3.05) is 11.5 Å². The van der Waals surface area contributed by atoms with Gasteiger partial charge in [0.15, 0.2) is 0 Å². The predicted molar refractivity (Wildman–Crippen MR) is 132 cm³/mol. The molecule has 0 amide bonds. The predicted octanol–water partition coefficient (Wildman–Crippen LogP) is 6.73. The van der Waals surface area contributed by atoms with Gasteiger partial charge in [-0.3, -0.25) is 0 Å². The molecule has 0 unspecified atom stereocenters. The molecular weight excluding hydrogens is 420 g/mol. The first-order valence-electron chi connectivity index (χ1n) is 12.6. The number of thioether (sulfide) groups is 1. The van der Waals surface area contributed by atoms with Gasteiger partial charge in [-0.2, -0.15) is 11.8 Å². The molecule has 0 N–H and O–H groups in total.